The molecule has 0 spiro atoms. The van der Waals surface area contributed by atoms with Crippen molar-refractivity contribution in [2.24, 2.45) is 0 Å². The van der Waals surface area contributed by atoms with Crippen molar-refractivity contribution in [3.63, 3.8) is 0 Å². The monoisotopic (exact) mass is 266 g/mol. The fourth-order valence-electron chi connectivity index (χ4n) is 3.11. The molecule has 0 bridgehead atoms. The molecule has 0 heterocycles. The van der Waals surface area contributed by atoms with E-state index in [1.54, 1.807) is 0 Å². The summed E-state index contributed by atoms with van der Waals surface area (Å²) in [5.41, 5.74) is 3.83. The SMILES string of the molecule is CCCCC1C(c2ccccc2)=C(F)c2ccccc21. The fourth-order valence-corrected chi connectivity index (χ4v) is 3.11. The highest BCUT2D eigenvalue weighted by Crippen LogP contribution is 2.49. The average molecular weight is 266 g/mol. The maximum atomic E-state index is 14.8. The van der Waals surface area contributed by atoms with Gasteiger partial charge in [0.25, 0.3) is 0 Å². The summed E-state index contributed by atoms with van der Waals surface area (Å²) < 4.78 is 14.8. The van der Waals surface area contributed by atoms with Gasteiger partial charge in [-0.3, -0.25) is 0 Å². The zero-order valence-electron chi connectivity index (χ0n) is 11.8. The Morgan fingerprint density at radius 2 is 1.65 bits per heavy atom. The third-order valence-electron chi connectivity index (χ3n) is 4.09. The highest BCUT2D eigenvalue weighted by Gasteiger charge is 2.31. The zero-order valence-corrected chi connectivity index (χ0v) is 11.8. The zero-order chi connectivity index (χ0) is 13.9. The van der Waals surface area contributed by atoms with E-state index in [2.05, 4.69) is 13.0 Å². The van der Waals surface area contributed by atoms with Crippen LogP contribution in [0.15, 0.2) is 54.6 Å². The summed E-state index contributed by atoms with van der Waals surface area (Å²) in [7, 11) is 0. The standard InChI is InChI=1S/C19H19F/c1-2-3-11-16-15-12-7-8-13-17(15)19(20)18(16)14-9-5-4-6-10-14/h4-10,12-13,16H,2-3,11H2,1H3. The molecule has 3 rings (SSSR count). The second-order valence-corrected chi connectivity index (χ2v) is 5.38. The summed E-state index contributed by atoms with van der Waals surface area (Å²) in [6, 6.07) is 17.9. The van der Waals surface area contributed by atoms with Gasteiger partial charge in [-0.05, 0) is 17.5 Å². The van der Waals surface area contributed by atoms with Gasteiger partial charge in [0.1, 0.15) is 5.83 Å². The minimum absolute atomic E-state index is 0.0343. The van der Waals surface area contributed by atoms with E-state index < -0.39 is 0 Å². The van der Waals surface area contributed by atoms with Crippen molar-refractivity contribution >= 4 is 11.4 Å². The summed E-state index contributed by atoms with van der Waals surface area (Å²) >= 11 is 0. The number of unbranched alkanes of at least 4 members (excludes halogenated alkanes) is 1. The summed E-state index contributed by atoms with van der Waals surface area (Å²) in [4.78, 5) is 0. The van der Waals surface area contributed by atoms with Crippen LogP contribution in [-0.2, 0) is 0 Å². The molecule has 0 aliphatic heterocycles. The number of hydrogen-bond acceptors (Lipinski definition) is 0. The fraction of sp³-hybridized carbons (Fsp3) is 0.263. The van der Waals surface area contributed by atoms with Crippen molar-refractivity contribution < 1.29 is 4.39 Å². The van der Waals surface area contributed by atoms with Crippen LogP contribution < -0.4 is 0 Å². The number of fused-ring (bicyclic) bond motifs is 1. The number of hydrogen-bond donors (Lipinski definition) is 0. The van der Waals surface area contributed by atoms with E-state index in [0.29, 0.717) is 0 Å². The van der Waals surface area contributed by atoms with Crippen molar-refractivity contribution in [1.29, 1.82) is 0 Å². The van der Waals surface area contributed by atoms with Crippen LogP contribution in [0.25, 0.3) is 11.4 Å². The molecule has 0 amide bonds. The lowest BCUT2D eigenvalue weighted by atomic mass is 9.87. The number of halogens is 1. The minimum atomic E-state index is -0.0343. The molecule has 1 unspecified atom stereocenters. The third kappa shape index (κ3) is 2.18. The van der Waals surface area contributed by atoms with E-state index in [1.165, 1.54) is 0 Å². The number of benzene rings is 2. The second-order valence-electron chi connectivity index (χ2n) is 5.38. The molecule has 0 saturated heterocycles. The summed E-state index contributed by atoms with van der Waals surface area (Å²) in [5, 5.41) is 0. The normalized spacial score (nSPS) is 17.4. The van der Waals surface area contributed by atoms with Gasteiger partial charge in [0.05, 0.1) is 0 Å². The maximum Gasteiger partial charge on any atom is 0.135 e. The first kappa shape index (κ1) is 13.1. The van der Waals surface area contributed by atoms with E-state index in [9.17, 15) is 4.39 Å². The van der Waals surface area contributed by atoms with Crippen LogP contribution in [0.3, 0.4) is 0 Å². The van der Waals surface area contributed by atoms with E-state index in [4.69, 9.17) is 0 Å². The molecule has 0 aromatic heterocycles. The van der Waals surface area contributed by atoms with Crippen molar-refractivity contribution in [3.8, 4) is 0 Å². The first-order valence-electron chi connectivity index (χ1n) is 7.37. The van der Waals surface area contributed by atoms with Gasteiger partial charge >= 0.3 is 0 Å². The third-order valence-corrected chi connectivity index (χ3v) is 4.09. The molecule has 1 aliphatic carbocycles. The van der Waals surface area contributed by atoms with Gasteiger partial charge in [-0.15, -0.1) is 0 Å². The molecule has 102 valence electrons. The molecule has 0 saturated carbocycles. The van der Waals surface area contributed by atoms with E-state index in [-0.39, 0.29) is 11.7 Å². The molecule has 0 N–H and O–H groups in total. The molecular weight excluding hydrogens is 247 g/mol. The first-order chi connectivity index (χ1) is 9.83. The Morgan fingerprint density at radius 1 is 0.950 bits per heavy atom. The predicted octanol–water partition coefficient (Wildman–Crippen LogP) is 5.81. The Labute approximate surface area is 120 Å². The molecule has 1 atom stereocenters. The van der Waals surface area contributed by atoms with E-state index >= 15 is 0 Å². The smallest absolute Gasteiger partial charge is 0.135 e. The average Bonchev–Trinajstić information content (AvgIpc) is 2.79. The van der Waals surface area contributed by atoms with E-state index in [1.807, 2.05) is 48.5 Å². The molecule has 1 aliphatic rings. The topological polar surface area (TPSA) is 0 Å². The Bertz CT molecular complexity index is 625. The van der Waals surface area contributed by atoms with Gasteiger partial charge in [-0.2, -0.15) is 0 Å². The molecule has 0 fully saturated rings. The van der Waals surface area contributed by atoms with Crippen LogP contribution in [0.4, 0.5) is 4.39 Å². The van der Waals surface area contributed by atoms with Gasteiger partial charge in [-0.1, -0.05) is 74.4 Å². The van der Waals surface area contributed by atoms with Crippen LogP contribution in [0.2, 0.25) is 0 Å². The number of allylic oxidation sites excluding steroid dienone is 1. The minimum Gasteiger partial charge on any atom is -0.206 e. The second kappa shape index (κ2) is 5.62. The lowest BCUT2D eigenvalue weighted by molar-refractivity contribution is 0.676. The van der Waals surface area contributed by atoms with Crippen LogP contribution in [0.5, 0.6) is 0 Å². The Hall–Kier alpha value is -1.89. The summed E-state index contributed by atoms with van der Waals surface area (Å²) in [5.74, 6) is 0.168. The molecular formula is C19H19F. The molecule has 1 heteroatoms. The lowest BCUT2D eigenvalue weighted by Gasteiger charge is -2.16. The molecule has 2 aromatic rings. The van der Waals surface area contributed by atoms with Gasteiger partial charge in [-0.25, -0.2) is 4.39 Å². The van der Waals surface area contributed by atoms with Gasteiger partial charge < -0.3 is 0 Å². The predicted molar refractivity (Wildman–Crippen MR) is 83.1 cm³/mol. The maximum absolute atomic E-state index is 14.8. The van der Waals surface area contributed by atoms with Crippen LogP contribution >= 0.6 is 0 Å². The quantitative estimate of drug-likeness (QED) is 0.655. The van der Waals surface area contributed by atoms with Crippen molar-refractivity contribution in [2.75, 3.05) is 0 Å². The van der Waals surface area contributed by atoms with E-state index in [0.717, 1.165) is 41.5 Å². The number of rotatable bonds is 4. The van der Waals surface area contributed by atoms with Gasteiger partial charge in [0.2, 0.25) is 0 Å². The van der Waals surface area contributed by atoms with Gasteiger partial charge in [0, 0.05) is 17.1 Å². The largest absolute Gasteiger partial charge is 0.206 e. The Kier molecular flexibility index (Phi) is 3.68. The first-order valence-corrected chi connectivity index (χ1v) is 7.37. The molecule has 20 heavy (non-hydrogen) atoms. The highest BCUT2D eigenvalue weighted by molar-refractivity contribution is 5.96. The summed E-state index contributed by atoms with van der Waals surface area (Å²) in [6.07, 6.45) is 3.29. The van der Waals surface area contributed by atoms with Crippen LogP contribution in [-0.4, -0.2) is 0 Å². The van der Waals surface area contributed by atoms with Crippen LogP contribution in [0.1, 0.15) is 48.8 Å². The van der Waals surface area contributed by atoms with Crippen molar-refractivity contribution in [2.45, 2.75) is 32.1 Å². The van der Waals surface area contributed by atoms with Crippen LogP contribution in [0, 0.1) is 0 Å². The van der Waals surface area contributed by atoms with Gasteiger partial charge in [0.15, 0.2) is 0 Å². The van der Waals surface area contributed by atoms with Crippen molar-refractivity contribution in [1.82, 2.24) is 0 Å². The Morgan fingerprint density at radius 3 is 2.40 bits per heavy atom. The molecule has 0 nitrogen and oxygen atoms in total. The highest BCUT2D eigenvalue weighted by atomic mass is 19.1. The molecule has 2 aromatic carbocycles. The summed E-state index contributed by atoms with van der Waals surface area (Å²) in [6.45, 7) is 2.18. The molecule has 0 radical (unpaired) electrons. The Balaban J connectivity index is 2.09. The lowest BCUT2D eigenvalue weighted by Crippen LogP contribution is -1.99. The van der Waals surface area contributed by atoms with Crippen molar-refractivity contribution in [3.05, 3.63) is 71.3 Å².